The second kappa shape index (κ2) is 7.85. The van der Waals surface area contributed by atoms with Gasteiger partial charge in [0.05, 0.1) is 0 Å². The van der Waals surface area contributed by atoms with E-state index < -0.39 is 0 Å². The molecule has 2 atom stereocenters. The van der Waals surface area contributed by atoms with E-state index in [4.69, 9.17) is 0 Å². The van der Waals surface area contributed by atoms with Gasteiger partial charge in [0.2, 0.25) is 0 Å². The Bertz CT molecular complexity index is 110. The van der Waals surface area contributed by atoms with Crippen LogP contribution in [0.25, 0.3) is 0 Å². The van der Waals surface area contributed by atoms with Gasteiger partial charge in [0.25, 0.3) is 0 Å². The van der Waals surface area contributed by atoms with E-state index >= 15 is 0 Å². The average molecular weight is 233 g/mol. The second-order valence-corrected chi connectivity index (χ2v) is 4.32. The van der Waals surface area contributed by atoms with Crippen molar-refractivity contribution in [1.29, 1.82) is 0 Å². The van der Waals surface area contributed by atoms with Crippen LogP contribution in [0.1, 0.15) is 39.5 Å². The lowest BCUT2D eigenvalue weighted by molar-refractivity contribution is 0.400. The number of allylic oxidation sites excluding steroid dienone is 1. The van der Waals surface area contributed by atoms with Crippen LogP contribution >= 0.6 is 15.9 Å². The fourth-order valence-corrected chi connectivity index (χ4v) is 2.17. The van der Waals surface area contributed by atoms with E-state index in [0.717, 1.165) is 23.6 Å². The van der Waals surface area contributed by atoms with Crippen LogP contribution in [0.3, 0.4) is 0 Å². The monoisotopic (exact) mass is 232 g/mol. The summed E-state index contributed by atoms with van der Waals surface area (Å²) < 4.78 is 0. The van der Waals surface area contributed by atoms with Gasteiger partial charge in [-0.1, -0.05) is 48.7 Å². The van der Waals surface area contributed by atoms with E-state index in [2.05, 4.69) is 36.4 Å². The SMILES string of the molecule is C=CCC(CBr)CC(C)CCC. The molecule has 0 bridgehead atoms. The van der Waals surface area contributed by atoms with Gasteiger partial charge in [-0.25, -0.2) is 0 Å². The van der Waals surface area contributed by atoms with E-state index in [-0.39, 0.29) is 0 Å². The molecule has 0 N–H and O–H groups in total. The van der Waals surface area contributed by atoms with E-state index in [0.29, 0.717) is 0 Å². The van der Waals surface area contributed by atoms with Gasteiger partial charge in [-0.2, -0.15) is 0 Å². The van der Waals surface area contributed by atoms with Crippen molar-refractivity contribution in [1.82, 2.24) is 0 Å². The highest BCUT2D eigenvalue weighted by Crippen LogP contribution is 2.21. The third-order valence-corrected chi connectivity index (χ3v) is 3.15. The van der Waals surface area contributed by atoms with E-state index in [9.17, 15) is 0 Å². The summed E-state index contributed by atoms with van der Waals surface area (Å²) in [6.45, 7) is 8.39. The predicted molar refractivity (Wildman–Crippen MR) is 60.8 cm³/mol. The molecule has 0 aliphatic heterocycles. The number of rotatable bonds is 7. The smallest absolute Gasteiger partial charge is 0.00627 e. The number of halogens is 1. The van der Waals surface area contributed by atoms with Gasteiger partial charge in [0.1, 0.15) is 0 Å². The van der Waals surface area contributed by atoms with E-state index in [1.807, 2.05) is 6.08 Å². The van der Waals surface area contributed by atoms with Gasteiger partial charge in [-0.15, -0.1) is 6.58 Å². The van der Waals surface area contributed by atoms with E-state index in [1.54, 1.807) is 0 Å². The van der Waals surface area contributed by atoms with Crippen molar-refractivity contribution < 1.29 is 0 Å². The Hall–Kier alpha value is 0.220. The number of alkyl halides is 1. The Balaban J connectivity index is 3.60. The van der Waals surface area contributed by atoms with Crippen LogP contribution in [-0.4, -0.2) is 5.33 Å². The summed E-state index contributed by atoms with van der Waals surface area (Å²) in [5, 5.41) is 1.12. The average Bonchev–Trinajstić information content (AvgIpc) is 2.04. The van der Waals surface area contributed by atoms with Crippen LogP contribution in [0.5, 0.6) is 0 Å². The van der Waals surface area contributed by atoms with Crippen molar-refractivity contribution in [3.05, 3.63) is 12.7 Å². The van der Waals surface area contributed by atoms with Gasteiger partial charge in [-0.05, 0) is 24.7 Å². The van der Waals surface area contributed by atoms with Crippen molar-refractivity contribution in [2.45, 2.75) is 39.5 Å². The zero-order valence-electron chi connectivity index (χ0n) is 8.35. The van der Waals surface area contributed by atoms with Crippen LogP contribution in [-0.2, 0) is 0 Å². The van der Waals surface area contributed by atoms with Crippen LogP contribution in [0.4, 0.5) is 0 Å². The summed E-state index contributed by atoms with van der Waals surface area (Å²) in [7, 11) is 0. The molecule has 1 heteroatoms. The molecule has 0 aromatic rings. The van der Waals surface area contributed by atoms with Crippen LogP contribution in [0.15, 0.2) is 12.7 Å². The molecule has 0 heterocycles. The first-order chi connectivity index (χ1) is 5.74. The third-order valence-electron chi connectivity index (χ3n) is 2.24. The summed E-state index contributed by atoms with van der Waals surface area (Å²) >= 11 is 3.55. The molecule has 0 rings (SSSR count). The van der Waals surface area contributed by atoms with Gasteiger partial charge < -0.3 is 0 Å². The zero-order valence-corrected chi connectivity index (χ0v) is 9.94. The minimum absolute atomic E-state index is 0.795. The zero-order chi connectivity index (χ0) is 9.40. The predicted octanol–water partition coefficient (Wildman–Crippen LogP) is 4.40. The molecule has 0 saturated heterocycles. The van der Waals surface area contributed by atoms with Gasteiger partial charge in [-0.3, -0.25) is 0 Å². The van der Waals surface area contributed by atoms with Crippen molar-refractivity contribution in [2.24, 2.45) is 11.8 Å². The number of hydrogen-bond acceptors (Lipinski definition) is 0. The summed E-state index contributed by atoms with van der Waals surface area (Å²) in [5.74, 6) is 1.67. The Kier molecular flexibility index (Phi) is 7.99. The molecule has 0 fully saturated rings. The first kappa shape index (κ1) is 12.2. The molecular formula is C11H21Br. The lowest BCUT2D eigenvalue weighted by Crippen LogP contribution is -2.07. The molecular weight excluding hydrogens is 212 g/mol. The first-order valence-electron chi connectivity index (χ1n) is 4.91. The Morgan fingerprint density at radius 1 is 1.50 bits per heavy atom. The summed E-state index contributed by atoms with van der Waals surface area (Å²) in [6, 6.07) is 0. The molecule has 0 nitrogen and oxygen atoms in total. The fourth-order valence-electron chi connectivity index (χ4n) is 1.64. The standard InChI is InChI=1S/C11H21Br/c1-4-6-10(3)8-11(9-12)7-5-2/h5,10-11H,2,4,6-9H2,1,3H3. The maximum atomic E-state index is 3.78. The molecule has 0 aromatic heterocycles. The molecule has 0 spiro atoms. The Labute approximate surface area is 85.6 Å². The topological polar surface area (TPSA) is 0 Å². The van der Waals surface area contributed by atoms with Crippen molar-refractivity contribution >= 4 is 15.9 Å². The Morgan fingerprint density at radius 3 is 2.58 bits per heavy atom. The summed E-state index contributed by atoms with van der Waals surface area (Å²) in [5.41, 5.74) is 0. The molecule has 0 aliphatic rings. The second-order valence-electron chi connectivity index (χ2n) is 3.67. The van der Waals surface area contributed by atoms with Crippen LogP contribution < -0.4 is 0 Å². The summed E-state index contributed by atoms with van der Waals surface area (Å²) in [4.78, 5) is 0. The molecule has 0 saturated carbocycles. The highest BCUT2D eigenvalue weighted by molar-refractivity contribution is 9.09. The molecule has 0 amide bonds. The molecule has 12 heavy (non-hydrogen) atoms. The van der Waals surface area contributed by atoms with Crippen molar-refractivity contribution in [3.63, 3.8) is 0 Å². The lowest BCUT2D eigenvalue weighted by atomic mass is 9.92. The fraction of sp³-hybridized carbons (Fsp3) is 0.818. The first-order valence-corrected chi connectivity index (χ1v) is 6.03. The quantitative estimate of drug-likeness (QED) is 0.451. The maximum absolute atomic E-state index is 3.78. The molecule has 0 aliphatic carbocycles. The highest BCUT2D eigenvalue weighted by Gasteiger charge is 2.09. The molecule has 0 radical (unpaired) electrons. The van der Waals surface area contributed by atoms with E-state index in [1.165, 1.54) is 19.3 Å². The van der Waals surface area contributed by atoms with Crippen LogP contribution in [0.2, 0.25) is 0 Å². The summed E-state index contributed by atoms with van der Waals surface area (Å²) in [6.07, 6.45) is 7.19. The largest absolute Gasteiger partial charge is 0.103 e. The third kappa shape index (κ3) is 5.82. The Morgan fingerprint density at radius 2 is 2.17 bits per heavy atom. The highest BCUT2D eigenvalue weighted by atomic mass is 79.9. The van der Waals surface area contributed by atoms with Crippen molar-refractivity contribution in [2.75, 3.05) is 5.33 Å². The minimum Gasteiger partial charge on any atom is -0.103 e. The molecule has 0 aromatic carbocycles. The minimum atomic E-state index is 0.795. The normalized spacial score (nSPS) is 15.6. The van der Waals surface area contributed by atoms with Crippen LogP contribution in [0, 0.1) is 11.8 Å². The van der Waals surface area contributed by atoms with Gasteiger partial charge in [0, 0.05) is 5.33 Å². The maximum Gasteiger partial charge on any atom is 0.00627 e. The number of hydrogen-bond donors (Lipinski definition) is 0. The molecule has 2 unspecified atom stereocenters. The van der Waals surface area contributed by atoms with Crippen molar-refractivity contribution in [3.8, 4) is 0 Å². The molecule has 72 valence electrons. The van der Waals surface area contributed by atoms with Gasteiger partial charge >= 0.3 is 0 Å². The van der Waals surface area contributed by atoms with Gasteiger partial charge in [0.15, 0.2) is 0 Å². The lowest BCUT2D eigenvalue weighted by Gasteiger charge is -2.16.